The molecule has 4 nitrogen and oxygen atoms in total. The van der Waals surface area contributed by atoms with Gasteiger partial charge in [-0.2, -0.15) is 8.78 Å². The second-order valence-corrected chi connectivity index (χ2v) is 6.00. The number of nitrogens with one attached hydrogen (secondary N) is 1. The first-order chi connectivity index (χ1) is 10.6. The first kappa shape index (κ1) is 18.2. The number of ether oxygens (including phenoxy) is 1. The van der Waals surface area contributed by atoms with Crippen LogP contribution >= 0.6 is 24.0 Å². The molecule has 1 aromatic rings. The Morgan fingerprint density at radius 1 is 1.22 bits per heavy atom. The van der Waals surface area contributed by atoms with Crippen LogP contribution in [0.5, 0.6) is 5.75 Å². The summed E-state index contributed by atoms with van der Waals surface area (Å²) < 4.78 is 28.6. The van der Waals surface area contributed by atoms with Crippen LogP contribution in [0.1, 0.15) is 43.6 Å². The maximum atomic E-state index is 12.1. The molecule has 0 radical (unpaired) electrons. The van der Waals surface area contributed by atoms with Gasteiger partial charge in [0.2, 0.25) is 0 Å². The molecule has 0 heterocycles. The molecule has 2 fully saturated rings. The fourth-order valence-corrected chi connectivity index (χ4v) is 3.07. The molecule has 0 aromatic heterocycles. The molecular formula is C16H22F2IN3O. The minimum Gasteiger partial charge on any atom is -0.435 e. The van der Waals surface area contributed by atoms with Gasteiger partial charge in [0.25, 0.3) is 0 Å². The molecule has 2 atom stereocenters. The van der Waals surface area contributed by atoms with Gasteiger partial charge in [0, 0.05) is 12.0 Å². The minimum absolute atomic E-state index is 0. The topological polar surface area (TPSA) is 59.6 Å². The number of guanidine groups is 1. The van der Waals surface area contributed by atoms with Crippen LogP contribution in [0.25, 0.3) is 0 Å². The molecule has 2 saturated carbocycles. The van der Waals surface area contributed by atoms with Crippen LogP contribution in [0.4, 0.5) is 8.78 Å². The van der Waals surface area contributed by atoms with Crippen molar-refractivity contribution in [1.29, 1.82) is 0 Å². The Balaban J connectivity index is 0.00000192. The molecule has 3 rings (SSSR count). The molecule has 0 spiro atoms. The van der Waals surface area contributed by atoms with Gasteiger partial charge in [0.05, 0.1) is 6.04 Å². The second kappa shape index (κ2) is 8.12. The summed E-state index contributed by atoms with van der Waals surface area (Å²) >= 11 is 0. The highest BCUT2D eigenvalue weighted by Gasteiger charge is 2.38. The molecule has 0 saturated heterocycles. The third-order valence-corrected chi connectivity index (χ3v) is 4.30. The van der Waals surface area contributed by atoms with Gasteiger partial charge in [-0.25, -0.2) is 4.99 Å². The van der Waals surface area contributed by atoms with E-state index in [2.05, 4.69) is 15.0 Å². The molecule has 0 amide bonds. The molecule has 2 aliphatic carbocycles. The predicted molar refractivity (Wildman–Crippen MR) is 96.6 cm³/mol. The lowest BCUT2D eigenvalue weighted by Crippen LogP contribution is -2.38. The van der Waals surface area contributed by atoms with E-state index < -0.39 is 6.61 Å². The summed E-state index contributed by atoms with van der Waals surface area (Å²) in [7, 11) is 0. The van der Waals surface area contributed by atoms with E-state index in [4.69, 9.17) is 5.73 Å². The highest BCUT2D eigenvalue weighted by molar-refractivity contribution is 14.0. The average Bonchev–Trinajstić information content (AvgIpc) is 3.03. The maximum Gasteiger partial charge on any atom is 0.387 e. The zero-order chi connectivity index (χ0) is 15.5. The van der Waals surface area contributed by atoms with Gasteiger partial charge in [-0.3, -0.25) is 0 Å². The lowest BCUT2D eigenvalue weighted by Gasteiger charge is -2.12. The van der Waals surface area contributed by atoms with Crippen molar-refractivity contribution < 1.29 is 13.5 Å². The Bertz CT molecular complexity index is 533. The molecule has 23 heavy (non-hydrogen) atoms. The number of nitrogens with two attached hydrogens (primary N) is 1. The van der Waals surface area contributed by atoms with E-state index in [1.54, 1.807) is 12.1 Å². The number of halogens is 3. The van der Waals surface area contributed by atoms with Gasteiger partial charge >= 0.3 is 6.61 Å². The Morgan fingerprint density at radius 2 is 1.87 bits per heavy atom. The number of hydrogen-bond donors (Lipinski definition) is 2. The monoisotopic (exact) mass is 437 g/mol. The molecule has 2 aliphatic rings. The van der Waals surface area contributed by atoms with E-state index in [9.17, 15) is 8.78 Å². The van der Waals surface area contributed by atoms with Gasteiger partial charge in [-0.15, -0.1) is 24.0 Å². The number of rotatable bonds is 5. The van der Waals surface area contributed by atoms with Gasteiger partial charge in [-0.05, 0) is 37.0 Å². The summed E-state index contributed by atoms with van der Waals surface area (Å²) in [6.45, 7) is -2.79. The van der Waals surface area contributed by atoms with Crippen LogP contribution in [0.3, 0.4) is 0 Å². The van der Waals surface area contributed by atoms with Crippen LogP contribution < -0.4 is 15.8 Å². The minimum atomic E-state index is -2.79. The fourth-order valence-electron chi connectivity index (χ4n) is 3.07. The Morgan fingerprint density at radius 3 is 2.48 bits per heavy atom. The highest BCUT2D eigenvalue weighted by atomic mass is 127. The molecule has 3 N–H and O–H groups in total. The number of aliphatic imine (C=N–C) groups is 1. The lowest BCUT2D eigenvalue weighted by molar-refractivity contribution is -0.0498. The van der Waals surface area contributed by atoms with Gasteiger partial charge in [0.1, 0.15) is 5.75 Å². The molecule has 0 unspecified atom stereocenters. The summed E-state index contributed by atoms with van der Waals surface area (Å²) in [5.41, 5.74) is 7.04. The van der Waals surface area contributed by atoms with Crippen LogP contribution in [0.2, 0.25) is 0 Å². The summed E-state index contributed by atoms with van der Waals surface area (Å²) in [6.07, 6.45) is 5.78. The third-order valence-electron chi connectivity index (χ3n) is 4.30. The molecule has 128 valence electrons. The molecule has 7 heteroatoms. The largest absolute Gasteiger partial charge is 0.435 e. The van der Waals surface area contributed by atoms with Crippen molar-refractivity contribution >= 4 is 29.9 Å². The van der Waals surface area contributed by atoms with E-state index in [-0.39, 0.29) is 35.8 Å². The number of alkyl halides is 2. The number of benzene rings is 1. The normalized spacial score (nSPS) is 24.4. The SMILES string of the molecule is I.NC(=N[C@@H]1C[C@H]1c1ccc(OC(F)F)cc1)NC1CCCC1. The van der Waals surface area contributed by atoms with Crippen molar-refractivity contribution in [2.45, 2.75) is 56.7 Å². The molecule has 0 aliphatic heterocycles. The standard InChI is InChI=1S/C16H21F2N3O.HI/c17-15(18)22-12-7-5-10(6-8-12)13-9-14(13)21-16(19)20-11-3-1-2-4-11;/h5-8,11,13-15H,1-4,9H2,(H3,19,20,21);1H/t13-,14+;/m0./s1. The second-order valence-electron chi connectivity index (χ2n) is 6.00. The van der Waals surface area contributed by atoms with E-state index in [0.29, 0.717) is 17.9 Å². The smallest absolute Gasteiger partial charge is 0.387 e. The van der Waals surface area contributed by atoms with Crippen molar-refractivity contribution in [2.75, 3.05) is 0 Å². The number of hydrogen-bond acceptors (Lipinski definition) is 2. The summed E-state index contributed by atoms with van der Waals surface area (Å²) in [5.74, 6) is 1.03. The van der Waals surface area contributed by atoms with Crippen molar-refractivity contribution in [3.63, 3.8) is 0 Å². The van der Waals surface area contributed by atoms with Crippen LogP contribution in [-0.4, -0.2) is 24.7 Å². The molecular weight excluding hydrogens is 415 g/mol. The summed E-state index contributed by atoms with van der Waals surface area (Å²) in [4.78, 5) is 4.51. The maximum absolute atomic E-state index is 12.1. The van der Waals surface area contributed by atoms with Crippen molar-refractivity contribution in [3.05, 3.63) is 29.8 Å². The van der Waals surface area contributed by atoms with Crippen LogP contribution in [0, 0.1) is 0 Å². The van der Waals surface area contributed by atoms with E-state index in [0.717, 1.165) is 24.8 Å². The molecule has 0 bridgehead atoms. The highest BCUT2D eigenvalue weighted by Crippen LogP contribution is 2.43. The average molecular weight is 437 g/mol. The Hall–Kier alpha value is -1.12. The zero-order valence-corrected chi connectivity index (χ0v) is 15.1. The summed E-state index contributed by atoms with van der Waals surface area (Å²) in [6, 6.07) is 7.43. The van der Waals surface area contributed by atoms with E-state index >= 15 is 0 Å². The Labute approximate surface area is 151 Å². The molecule has 1 aromatic carbocycles. The van der Waals surface area contributed by atoms with Crippen LogP contribution in [-0.2, 0) is 0 Å². The first-order valence-electron chi connectivity index (χ1n) is 7.76. The zero-order valence-electron chi connectivity index (χ0n) is 12.8. The summed E-state index contributed by atoms with van der Waals surface area (Å²) in [5, 5.41) is 3.28. The first-order valence-corrected chi connectivity index (χ1v) is 7.76. The quantitative estimate of drug-likeness (QED) is 0.421. The van der Waals surface area contributed by atoms with E-state index in [1.165, 1.54) is 12.8 Å². The number of nitrogens with zero attached hydrogens (tertiary/aromatic N) is 1. The van der Waals surface area contributed by atoms with Gasteiger partial charge in [-0.1, -0.05) is 25.0 Å². The van der Waals surface area contributed by atoms with Gasteiger partial charge < -0.3 is 15.8 Å². The van der Waals surface area contributed by atoms with E-state index in [1.807, 2.05) is 12.1 Å². The van der Waals surface area contributed by atoms with Gasteiger partial charge in [0.15, 0.2) is 5.96 Å². The van der Waals surface area contributed by atoms with Crippen LogP contribution in [0.15, 0.2) is 29.3 Å². The van der Waals surface area contributed by atoms with Crippen molar-refractivity contribution in [3.8, 4) is 5.75 Å². The van der Waals surface area contributed by atoms with Crippen molar-refractivity contribution in [2.24, 2.45) is 10.7 Å². The predicted octanol–water partition coefficient (Wildman–Crippen LogP) is 3.61. The fraction of sp³-hybridized carbons (Fsp3) is 0.562. The lowest BCUT2D eigenvalue weighted by atomic mass is 10.1. The van der Waals surface area contributed by atoms with Crippen molar-refractivity contribution in [1.82, 2.24) is 5.32 Å². The third kappa shape index (κ3) is 5.19. The Kier molecular flexibility index (Phi) is 6.43.